The number of non-ortho nitro benzene ring substituents is 1. The van der Waals surface area contributed by atoms with Gasteiger partial charge >= 0.3 is 0 Å². The summed E-state index contributed by atoms with van der Waals surface area (Å²) in [6.45, 7) is 4.25. The third-order valence-electron chi connectivity index (χ3n) is 4.78. The van der Waals surface area contributed by atoms with Gasteiger partial charge in [-0.3, -0.25) is 10.1 Å². The Labute approximate surface area is 219 Å². The highest BCUT2D eigenvalue weighted by Crippen LogP contribution is 2.37. The van der Waals surface area contributed by atoms with E-state index in [0.29, 0.717) is 53.5 Å². The zero-order chi connectivity index (χ0) is 24.5. The predicted molar refractivity (Wildman–Crippen MR) is 139 cm³/mol. The Bertz CT molecular complexity index is 1130. The number of halogens is 4. The zero-order valence-electron chi connectivity index (χ0n) is 18.9. The highest BCUT2D eigenvalue weighted by molar-refractivity contribution is 6.33. The molecule has 0 amide bonds. The summed E-state index contributed by atoms with van der Waals surface area (Å²) in [5.41, 5.74) is 2.29. The third-order valence-corrected chi connectivity index (χ3v) is 5.37. The number of nitro groups is 1. The number of hydrogen-bond acceptors (Lipinski definition) is 6. The van der Waals surface area contributed by atoms with Crippen LogP contribution < -0.4 is 20.1 Å². The van der Waals surface area contributed by atoms with E-state index in [1.807, 2.05) is 13.0 Å². The van der Waals surface area contributed by atoms with E-state index in [9.17, 15) is 14.5 Å². The summed E-state index contributed by atoms with van der Waals surface area (Å²) in [7, 11) is 0. The summed E-state index contributed by atoms with van der Waals surface area (Å²) in [5, 5.41) is 17.9. The van der Waals surface area contributed by atoms with Crippen LogP contribution in [0, 0.1) is 15.9 Å². The second kappa shape index (κ2) is 13.9. The molecule has 0 aliphatic heterocycles. The van der Waals surface area contributed by atoms with Crippen molar-refractivity contribution in [3.05, 3.63) is 91.7 Å². The van der Waals surface area contributed by atoms with Gasteiger partial charge in [0.25, 0.3) is 5.69 Å². The fraction of sp³-hybridized carbons (Fsp3) is 0.250. The molecule has 3 aromatic rings. The molecular formula is C24H25Cl3FN3O4. The van der Waals surface area contributed by atoms with Gasteiger partial charge in [0.15, 0.2) is 11.5 Å². The fourth-order valence-corrected chi connectivity index (χ4v) is 3.67. The van der Waals surface area contributed by atoms with Crippen molar-refractivity contribution in [3.8, 4) is 11.5 Å². The molecule has 0 saturated carbocycles. The monoisotopic (exact) mass is 543 g/mol. The lowest BCUT2D eigenvalue weighted by molar-refractivity contribution is -0.384. The van der Waals surface area contributed by atoms with Crippen molar-refractivity contribution >= 4 is 47.0 Å². The molecule has 0 saturated heterocycles. The minimum Gasteiger partial charge on any atom is -0.490 e. The van der Waals surface area contributed by atoms with E-state index in [0.717, 1.165) is 11.1 Å². The molecule has 11 heteroatoms. The number of nitrogens with one attached hydrogen (secondary N) is 2. The molecule has 0 aliphatic rings. The summed E-state index contributed by atoms with van der Waals surface area (Å²) < 4.78 is 24.7. The summed E-state index contributed by atoms with van der Waals surface area (Å²) in [5.74, 6) is 0.662. The van der Waals surface area contributed by atoms with Gasteiger partial charge in [-0.1, -0.05) is 35.3 Å². The van der Waals surface area contributed by atoms with Crippen molar-refractivity contribution in [2.75, 3.05) is 25.0 Å². The van der Waals surface area contributed by atoms with Crippen molar-refractivity contribution in [1.82, 2.24) is 5.32 Å². The Hall–Kier alpha value is -2.78. The van der Waals surface area contributed by atoms with Crippen molar-refractivity contribution in [2.45, 2.75) is 20.1 Å². The molecule has 7 nitrogen and oxygen atoms in total. The molecule has 3 rings (SSSR count). The first-order valence-corrected chi connectivity index (χ1v) is 11.3. The quantitative estimate of drug-likeness (QED) is 0.151. The molecule has 3 aromatic carbocycles. The van der Waals surface area contributed by atoms with Gasteiger partial charge in [0.05, 0.1) is 27.3 Å². The van der Waals surface area contributed by atoms with Crippen LogP contribution in [0.5, 0.6) is 11.5 Å². The first-order chi connectivity index (χ1) is 16.4. The molecule has 2 N–H and O–H groups in total. The molecule has 0 fully saturated rings. The van der Waals surface area contributed by atoms with Crippen LogP contribution in [0.1, 0.15) is 18.1 Å². The number of rotatable bonds is 12. The lowest BCUT2D eigenvalue weighted by Crippen LogP contribution is -2.22. The Balaban J connectivity index is 0.00000432. The first kappa shape index (κ1) is 28.5. The van der Waals surface area contributed by atoms with E-state index in [4.69, 9.17) is 32.7 Å². The maximum Gasteiger partial charge on any atom is 0.271 e. The lowest BCUT2D eigenvalue weighted by atomic mass is 10.2. The molecule has 0 atom stereocenters. The van der Waals surface area contributed by atoms with E-state index < -0.39 is 4.92 Å². The van der Waals surface area contributed by atoms with Gasteiger partial charge in [-0.05, 0) is 48.4 Å². The summed E-state index contributed by atoms with van der Waals surface area (Å²) in [6, 6.07) is 14.0. The molecule has 0 heterocycles. The normalized spacial score (nSPS) is 10.4. The van der Waals surface area contributed by atoms with Gasteiger partial charge in [-0.25, -0.2) is 4.39 Å². The van der Waals surface area contributed by atoms with Crippen LogP contribution in [0.15, 0.2) is 54.6 Å². The van der Waals surface area contributed by atoms with Gasteiger partial charge in [0.2, 0.25) is 0 Å². The maximum absolute atomic E-state index is 13.1. The third kappa shape index (κ3) is 8.43. The smallest absolute Gasteiger partial charge is 0.271 e. The molecule has 0 unspecified atom stereocenters. The number of hydrogen-bond donors (Lipinski definition) is 2. The number of nitro benzene ring substituents is 1. The maximum atomic E-state index is 13.1. The molecule has 35 heavy (non-hydrogen) atoms. The van der Waals surface area contributed by atoms with Crippen LogP contribution in [0.3, 0.4) is 0 Å². The van der Waals surface area contributed by atoms with Crippen LogP contribution in [-0.4, -0.2) is 24.6 Å². The second-order valence-electron chi connectivity index (χ2n) is 7.28. The van der Waals surface area contributed by atoms with Gasteiger partial charge in [0, 0.05) is 31.8 Å². The molecule has 188 valence electrons. The molecular weight excluding hydrogens is 520 g/mol. The standard InChI is InChI=1S/C24H24Cl2FN3O4.ClH/c1-2-33-23-12-17(11-21(26)24(23)34-15-16-3-5-18(27)6-4-16)14-28-9-10-29-22-8-7-19(30(31)32)13-20(22)25;/h3-8,11-13,28-29H,2,9-10,14-15H2,1H3;1H. The van der Waals surface area contributed by atoms with Crippen molar-refractivity contribution in [1.29, 1.82) is 0 Å². The largest absolute Gasteiger partial charge is 0.490 e. The molecule has 0 radical (unpaired) electrons. The van der Waals surface area contributed by atoms with E-state index >= 15 is 0 Å². The van der Waals surface area contributed by atoms with Gasteiger partial charge in [0.1, 0.15) is 12.4 Å². The molecule has 0 bridgehead atoms. The Morgan fingerprint density at radius 3 is 2.37 bits per heavy atom. The number of benzene rings is 3. The second-order valence-corrected chi connectivity index (χ2v) is 8.09. The predicted octanol–water partition coefficient (Wildman–Crippen LogP) is 6.64. The Morgan fingerprint density at radius 1 is 0.971 bits per heavy atom. The Kier molecular flexibility index (Phi) is 11.3. The fourth-order valence-electron chi connectivity index (χ4n) is 3.14. The van der Waals surface area contributed by atoms with Crippen LogP contribution >= 0.6 is 35.6 Å². The first-order valence-electron chi connectivity index (χ1n) is 10.6. The van der Waals surface area contributed by atoms with Crippen LogP contribution in [0.2, 0.25) is 10.0 Å². The van der Waals surface area contributed by atoms with Crippen molar-refractivity contribution in [2.24, 2.45) is 0 Å². The van der Waals surface area contributed by atoms with E-state index in [1.54, 1.807) is 24.3 Å². The highest BCUT2D eigenvalue weighted by atomic mass is 35.5. The average molecular weight is 545 g/mol. The molecule has 0 aromatic heterocycles. The lowest BCUT2D eigenvalue weighted by Gasteiger charge is -2.16. The highest BCUT2D eigenvalue weighted by Gasteiger charge is 2.13. The average Bonchev–Trinajstić information content (AvgIpc) is 2.80. The van der Waals surface area contributed by atoms with E-state index in [1.165, 1.54) is 24.3 Å². The number of ether oxygens (including phenoxy) is 2. The van der Waals surface area contributed by atoms with Crippen LogP contribution in [0.4, 0.5) is 15.8 Å². The minimum atomic E-state index is -0.488. The SMILES string of the molecule is CCOc1cc(CNCCNc2ccc([N+](=O)[O-])cc2Cl)cc(Cl)c1OCc1ccc(F)cc1.Cl. The summed E-state index contributed by atoms with van der Waals surface area (Å²) in [4.78, 5) is 10.3. The Morgan fingerprint density at radius 2 is 1.71 bits per heavy atom. The van der Waals surface area contributed by atoms with Crippen LogP contribution in [0.25, 0.3) is 0 Å². The van der Waals surface area contributed by atoms with Gasteiger partial charge in [-0.2, -0.15) is 0 Å². The summed E-state index contributed by atoms with van der Waals surface area (Å²) in [6.07, 6.45) is 0. The van der Waals surface area contributed by atoms with Gasteiger partial charge in [-0.15, -0.1) is 12.4 Å². The van der Waals surface area contributed by atoms with Crippen molar-refractivity contribution < 1.29 is 18.8 Å². The number of anilines is 1. The van der Waals surface area contributed by atoms with Gasteiger partial charge < -0.3 is 20.1 Å². The van der Waals surface area contributed by atoms with E-state index in [-0.39, 0.29) is 30.5 Å². The minimum absolute atomic E-state index is 0. The topological polar surface area (TPSA) is 85.7 Å². The summed E-state index contributed by atoms with van der Waals surface area (Å²) >= 11 is 12.6. The van der Waals surface area contributed by atoms with Crippen molar-refractivity contribution in [3.63, 3.8) is 0 Å². The number of nitrogens with zero attached hydrogens (tertiary/aromatic N) is 1. The molecule has 0 aliphatic carbocycles. The van der Waals surface area contributed by atoms with Crippen LogP contribution in [-0.2, 0) is 13.2 Å². The zero-order valence-corrected chi connectivity index (χ0v) is 21.2. The van der Waals surface area contributed by atoms with E-state index in [2.05, 4.69) is 10.6 Å². The molecule has 0 spiro atoms.